The van der Waals surface area contributed by atoms with Gasteiger partial charge in [-0.15, -0.1) is 11.8 Å². The van der Waals surface area contributed by atoms with Crippen LogP contribution in [0.15, 0.2) is 53.5 Å². The summed E-state index contributed by atoms with van der Waals surface area (Å²) in [5.41, 5.74) is 2.11. The van der Waals surface area contributed by atoms with E-state index in [0.29, 0.717) is 36.6 Å². The molecule has 1 aromatic carbocycles. The van der Waals surface area contributed by atoms with Crippen LogP contribution in [0.2, 0.25) is 0 Å². The summed E-state index contributed by atoms with van der Waals surface area (Å²) in [6.45, 7) is 16.9. The molecule has 6 nitrogen and oxygen atoms in total. The highest BCUT2D eigenvalue weighted by Gasteiger charge is 2.19. The van der Waals surface area contributed by atoms with E-state index in [9.17, 15) is 14.4 Å². The van der Waals surface area contributed by atoms with Crippen LogP contribution < -0.4 is 0 Å². The van der Waals surface area contributed by atoms with Crippen molar-refractivity contribution in [2.45, 2.75) is 32.6 Å². The van der Waals surface area contributed by atoms with E-state index < -0.39 is 5.97 Å². The van der Waals surface area contributed by atoms with Gasteiger partial charge >= 0.3 is 5.97 Å². The van der Waals surface area contributed by atoms with Crippen LogP contribution in [0, 0.1) is 0 Å². The van der Waals surface area contributed by atoms with Crippen molar-refractivity contribution in [2.24, 2.45) is 0 Å². The second-order valence-corrected chi connectivity index (χ2v) is 8.11. The van der Waals surface area contributed by atoms with E-state index in [1.807, 2.05) is 27.7 Å². The van der Waals surface area contributed by atoms with Crippen LogP contribution >= 0.6 is 11.8 Å². The van der Waals surface area contributed by atoms with E-state index in [4.69, 9.17) is 4.74 Å². The molecule has 0 radical (unpaired) electrons. The number of rotatable bonds is 12. The Morgan fingerprint density at radius 2 is 1.47 bits per heavy atom. The first-order valence-electron chi connectivity index (χ1n) is 9.92. The summed E-state index contributed by atoms with van der Waals surface area (Å²) in [6, 6.07) is 6.93. The van der Waals surface area contributed by atoms with Crippen LogP contribution in [0.3, 0.4) is 0 Å². The number of ether oxygens (including phenoxy) is 1. The smallest absolute Gasteiger partial charge is 0.339 e. The predicted molar refractivity (Wildman–Crippen MR) is 122 cm³/mol. The van der Waals surface area contributed by atoms with Crippen molar-refractivity contribution in [3.8, 4) is 0 Å². The van der Waals surface area contributed by atoms with Gasteiger partial charge in [0.05, 0.1) is 11.3 Å². The van der Waals surface area contributed by atoms with E-state index in [1.54, 1.807) is 34.1 Å². The number of carbonyl (C=O) groups is 3. The zero-order valence-corrected chi connectivity index (χ0v) is 19.2. The molecule has 0 atom stereocenters. The molecular weight excluding hydrogens is 400 g/mol. The number of amides is 2. The quantitative estimate of drug-likeness (QED) is 0.286. The molecule has 0 aliphatic rings. The van der Waals surface area contributed by atoms with Crippen LogP contribution in [-0.2, 0) is 14.3 Å². The van der Waals surface area contributed by atoms with E-state index in [-0.39, 0.29) is 24.2 Å². The summed E-state index contributed by atoms with van der Waals surface area (Å²) in [6.07, 6.45) is 0. The minimum absolute atomic E-state index is 0.0257. The SMILES string of the molecule is C=C(C)CN(CC)C(=O)COC(=O)c1ccccc1SCC(=O)N(CC)CC(=C)C. The van der Waals surface area contributed by atoms with Crippen molar-refractivity contribution in [2.75, 3.05) is 38.5 Å². The fourth-order valence-corrected chi connectivity index (χ4v) is 3.64. The Morgan fingerprint density at radius 1 is 0.933 bits per heavy atom. The third-order valence-corrected chi connectivity index (χ3v) is 5.23. The standard InChI is InChI=1S/C23H32N2O4S/c1-7-24(13-17(3)4)21(26)15-29-23(28)19-11-9-10-12-20(19)30-16-22(27)25(8-2)14-18(5)6/h9-12H,3,5,7-8,13-16H2,1-2,4,6H3. The first-order valence-corrected chi connectivity index (χ1v) is 10.9. The van der Waals surface area contributed by atoms with Gasteiger partial charge in [0.25, 0.3) is 5.91 Å². The lowest BCUT2D eigenvalue weighted by atomic mass is 10.2. The highest BCUT2D eigenvalue weighted by atomic mass is 32.2. The minimum Gasteiger partial charge on any atom is -0.452 e. The van der Waals surface area contributed by atoms with Gasteiger partial charge in [0.2, 0.25) is 5.91 Å². The zero-order chi connectivity index (χ0) is 22.7. The number of esters is 1. The zero-order valence-electron chi connectivity index (χ0n) is 18.4. The van der Waals surface area contributed by atoms with Gasteiger partial charge < -0.3 is 14.5 Å². The lowest BCUT2D eigenvalue weighted by Crippen LogP contribution is -2.35. The Hall–Kier alpha value is -2.54. The van der Waals surface area contributed by atoms with Crippen LogP contribution in [0.4, 0.5) is 0 Å². The van der Waals surface area contributed by atoms with Gasteiger partial charge in [0.15, 0.2) is 6.61 Å². The molecule has 0 spiro atoms. The average Bonchev–Trinajstić information content (AvgIpc) is 2.71. The molecule has 0 aromatic heterocycles. The summed E-state index contributed by atoms with van der Waals surface area (Å²) in [4.78, 5) is 41.2. The first kappa shape index (κ1) is 25.5. The summed E-state index contributed by atoms with van der Waals surface area (Å²) >= 11 is 1.28. The molecule has 30 heavy (non-hydrogen) atoms. The van der Waals surface area contributed by atoms with E-state index >= 15 is 0 Å². The second-order valence-electron chi connectivity index (χ2n) is 7.09. The number of benzene rings is 1. The maximum absolute atomic E-state index is 12.6. The van der Waals surface area contributed by atoms with E-state index in [0.717, 1.165) is 11.1 Å². The fourth-order valence-electron chi connectivity index (χ4n) is 2.69. The summed E-state index contributed by atoms with van der Waals surface area (Å²) in [5.74, 6) is -0.679. The highest BCUT2D eigenvalue weighted by Crippen LogP contribution is 2.24. The molecule has 0 bridgehead atoms. The Bertz CT molecular complexity index is 791. The Balaban J connectivity index is 2.74. The molecule has 0 fully saturated rings. The molecule has 0 N–H and O–H groups in total. The van der Waals surface area contributed by atoms with E-state index in [2.05, 4.69) is 13.2 Å². The number of nitrogens with zero attached hydrogens (tertiary/aromatic N) is 2. The third-order valence-electron chi connectivity index (χ3n) is 4.18. The maximum atomic E-state index is 12.6. The molecule has 0 heterocycles. The molecule has 0 saturated heterocycles. The summed E-state index contributed by atoms with van der Waals surface area (Å²) < 4.78 is 5.24. The number of carbonyl (C=O) groups excluding carboxylic acids is 3. The van der Waals surface area contributed by atoms with Crippen molar-refractivity contribution in [3.63, 3.8) is 0 Å². The number of hydrogen-bond acceptors (Lipinski definition) is 5. The molecular formula is C23H32N2O4S. The van der Waals surface area contributed by atoms with Gasteiger partial charge in [-0.3, -0.25) is 9.59 Å². The van der Waals surface area contributed by atoms with Crippen LogP contribution in [0.1, 0.15) is 38.1 Å². The Kier molecular flexibility index (Phi) is 11.0. The van der Waals surface area contributed by atoms with Crippen molar-refractivity contribution in [1.29, 1.82) is 0 Å². The molecule has 0 saturated carbocycles. The Labute approximate surface area is 183 Å². The van der Waals surface area contributed by atoms with Gasteiger partial charge in [-0.1, -0.05) is 36.4 Å². The number of hydrogen-bond donors (Lipinski definition) is 0. The topological polar surface area (TPSA) is 66.9 Å². The third kappa shape index (κ3) is 8.45. The maximum Gasteiger partial charge on any atom is 0.339 e. The molecule has 1 rings (SSSR count). The molecule has 2 amide bonds. The van der Waals surface area contributed by atoms with Crippen molar-refractivity contribution in [1.82, 2.24) is 9.80 Å². The van der Waals surface area contributed by atoms with Crippen LogP contribution in [0.5, 0.6) is 0 Å². The monoisotopic (exact) mass is 432 g/mol. The van der Waals surface area contributed by atoms with Gasteiger partial charge in [-0.05, 0) is 39.8 Å². The molecule has 0 aliphatic carbocycles. The summed E-state index contributed by atoms with van der Waals surface area (Å²) in [7, 11) is 0. The van der Waals surface area contributed by atoms with Crippen LogP contribution in [0.25, 0.3) is 0 Å². The number of likely N-dealkylation sites (N-methyl/N-ethyl adjacent to an activating group) is 2. The van der Waals surface area contributed by atoms with Crippen molar-refractivity contribution < 1.29 is 19.1 Å². The first-order chi connectivity index (χ1) is 14.2. The highest BCUT2D eigenvalue weighted by molar-refractivity contribution is 8.00. The molecule has 1 aromatic rings. The molecule has 0 aliphatic heterocycles. The Morgan fingerprint density at radius 3 is 2.00 bits per heavy atom. The minimum atomic E-state index is -0.584. The second kappa shape index (κ2) is 12.9. The van der Waals surface area contributed by atoms with Gasteiger partial charge in [0.1, 0.15) is 0 Å². The number of thioether (sulfide) groups is 1. The predicted octanol–water partition coefficient (Wildman–Crippen LogP) is 3.78. The lowest BCUT2D eigenvalue weighted by Gasteiger charge is -2.21. The van der Waals surface area contributed by atoms with Gasteiger partial charge in [-0.2, -0.15) is 0 Å². The molecule has 164 valence electrons. The largest absolute Gasteiger partial charge is 0.452 e. The lowest BCUT2D eigenvalue weighted by molar-refractivity contribution is -0.134. The summed E-state index contributed by atoms with van der Waals surface area (Å²) in [5, 5.41) is 0. The van der Waals surface area contributed by atoms with Gasteiger partial charge in [0, 0.05) is 31.1 Å². The fraction of sp³-hybridized carbons (Fsp3) is 0.435. The normalized spacial score (nSPS) is 10.3. The molecule has 0 unspecified atom stereocenters. The van der Waals surface area contributed by atoms with Crippen molar-refractivity contribution >= 4 is 29.5 Å². The van der Waals surface area contributed by atoms with Crippen LogP contribution in [-0.4, -0.2) is 66.1 Å². The molecule has 7 heteroatoms. The van der Waals surface area contributed by atoms with Crippen molar-refractivity contribution in [3.05, 3.63) is 54.1 Å². The van der Waals surface area contributed by atoms with Gasteiger partial charge in [-0.25, -0.2) is 4.79 Å². The average molecular weight is 433 g/mol. The van der Waals surface area contributed by atoms with E-state index in [1.165, 1.54) is 11.8 Å².